The number of nitrogens with one attached hydrogen (secondary N) is 1. The van der Waals surface area contributed by atoms with Crippen molar-refractivity contribution in [1.82, 2.24) is 0 Å². The molecule has 26 heavy (non-hydrogen) atoms. The third kappa shape index (κ3) is 3.56. The Kier molecular flexibility index (Phi) is 5.11. The summed E-state index contributed by atoms with van der Waals surface area (Å²) in [5.41, 5.74) is -2.79. The number of carbonyl (C=O) groups is 2. The van der Waals surface area contributed by atoms with Gasteiger partial charge in [0.2, 0.25) is 0 Å². The highest BCUT2D eigenvalue weighted by Crippen LogP contribution is 2.30. The molecule has 2 aromatic carbocycles. The van der Waals surface area contributed by atoms with Crippen LogP contribution in [0.2, 0.25) is 0 Å². The average molecular weight is 361 g/mol. The molecule has 0 aliphatic carbocycles. The second kappa shape index (κ2) is 7.25. The molecular weight excluding hydrogens is 350 g/mol. The molecule has 2 N–H and O–H groups in total. The Bertz CT molecular complexity index is 925. The lowest BCUT2D eigenvalue weighted by Gasteiger charge is -2.09. The van der Waals surface area contributed by atoms with E-state index >= 15 is 0 Å². The summed E-state index contributed by atoms with van der Waals surface area (Å²) in [5, 5.41) is 33.5. The Morgan fingerprint density at radius 3 is 2.27 bits per heavy atom. The highest BCUT2D eigenvalue weighted by molar-refractivity contribution is 6.13. The number of hydrogen-bond donors (Lipinski definition) is 2. The number of amides is 1. The van der Waals surface area contributed by atoms with Crippen molar-refractivity contribution < 1.29 is 29.3 Å². The Morgan fingerprint density at radius 2 is 1.73 bits per heavy atom. The zero-order valence-electron chi connectivity index (χ0n) is 13.2. The summed E-state index contributed by atoms with van der Waals surface area (Å²) in [5.74, 6) is -2.54. The van der Waals surface area contributed by atoms with Crippen LogP contribution in [0, 0.1) is 20.2 Å². The Morgan fingerprint density at radius 1 is 1.08 bits per heavy atom. The number of rotatable bonds is 6. The molecule has 0 fully saturated rings. The van der Waals surface area contributed by atoms with Gasteiger partial charge in [0.15, 0.2) is 0 Å². The summed E-state index contributed by atoms with van der Waals surface area (Å²) in [4.78, 5) is 44.2. The normalized spacial score (nSPS) is 10.0. The Balaban J connectivity index is 2.49. The van der Waals surface area contributed by atoms with Crippen LogP contribution in [0.5, 0.6) is 5.75 Å². The van der Waals surface area contributed by atoms with Crippen LogP contribution in [-0.4, -0.2) is 33.9 Å². The number of carbonyl (C=O) groups excluding carboxylic acids is 1. The number of anilines is 1. The average Bonchev–Trinajstić information content (AvgIpc) is 2.60. The molecule has 0 saturated carbocycles. The highest BCUT2D eigenvalue weighted by atomic mass is 16.6. The Hall–Kier alpha value is -4.02. The molecule has 0 spiro atoms. The van der Waals surface area contributed by atoms with Crippen LogP contribution in [-0.2, 0) is 0 Å². The molecule has 0 aromatic heterocycles. The first-order valence-electron chi connectivity index (χ1n) is 6.90. The van der Waals surface area contributed by atoms with E-state index in [4.69, 9.17) is 4.74 Å². The second-order valence-corrected chi connectivity index (χ2v) is 4.86. The van der Waals surface area contributed by atoms with Gasteiger partial charge in [-0.1, -0.05) is 6.07 Å². The number of nitro groups is 2. The number of ether oxygens (including phenoxy) is 1. The minimum absolute atomic E-state index is 0.177. The first kappa shape index (κ1) is 18.3. The van der Waals surface area contributed by atoms with Gasteiger partial charge >= 0.3 is 5.97 Å². The lowest BCUT2D eigenvalue weighted by molar-refractivity contribution is -0.385. The largest absolute Gasteiger partial charge is 0.496 e. The van der Waals surface area contributed by atoms with Crippen LogP contribution < -0.4 is 10.1 Å². The lowest BCUT2D eigenvalue weighted by atomic mass is 10.0. The van der Waals surface area contributed by atoms with Crippen molar-refractivity contribution >= 4 is 28.9 Å². The summed E-state index contributed by atoms with van der Waals surface area (Å²) in [6, 6.07) is 6.78. The van der Waals surface area contributed by atoms with E-state index in [0.717, 1.165) is 24.3 Å². The van der Waals surface area contributed by atoms with E-state index in [1.54, 1.807) is 0 Å². The van der Waals surface area contributed by atoms with Crippen molar-refractivity contribution in [3.8, 4) is 5.75 Å². The first-order valence-corrected chi connectivity index (χ1v) is 6.90. The topological polar surface area (TPSA) is 162 Å². The zero-order valence-corrected chi connectivity index (χ0v) is 13.2. The van der Waals surface area contributed by atoms with Crippen molar-refractivity contribution in [2.75, 3.05) is 12.4 Å². The summed E-state index contributed by atoms with van der Waals surface area (Å²) in [6.07, 6.45) is 0. The van der Waals surface area contributed by atoms with Crippen molar-refractivity contribution in [3.05, 3.63) is 67.8 Å². The smallest absolute Gasteiger partial charge is 0.343 e. The molecule has 0 saturated heterocycles. The highest BCUT2D eigenvalue weighted by Gasteiger charge is 2.28. The minimum atomic E-state index is -1.67. The molecule has 134 valence electrons. The maximum absolute atomic E-state index is 12.4. The van der Waals surface area contributed by atoms with E-state index in [9.17, 15) is 34.9 Å². The number of hydrogen-bond acceptors (Lipinski definition) is 7. The molecule has 2 aromatic rings. The van der Waals surface area contributed by atoms with Gasteiger partial charge < -0.3 is 15.2 Å². The molecule has 2 rings (SSSR count). The van der Waals surface area contributed by atoms with Gasteiger partial charge in [-0.2, -0.15) is 0 Å². The number of carboxylic acids is 1. The van der Waals surface area contributed by atoms with Crippen LogP contribution in [0.15, 0.2) is 36.4 Å². The lowest BCUT2D eigenvalue weighted by Crippen LogP contribution is -2.18. The monoisotopic (exact) mass is 361 g/mol. The molecule has 1 amide bonds. The van der Waals surface area contributed by atoms with Crippen molar-refractivity contribution in [2.24, 2.45) is 0 Å². The predicted octanol–water partition coefficient (Wildman–Crippen LogP) is 2.46. The summed E-state index contributed by atoms with van der Waals surface area (Å²) in [7, 11) is 1.31. The van der Waals surface area contributed by atoms with E-state index in [-0.39, 0.29) is 11.4 Å². The fourth-order valence-electron chi connectivity index (χ4n) is 2.19. The summed E-state index contributed by atoms with van der Waals surface area (Å²) in [6.45, 7) is 0. The maximum Gasteiger partial charge on any atom is 0.343 e. The van der Waals surface area contributed by atoms with Crippen molar-refractivity contribution in [2.45, 2.75) is 0 Å². The number of nitrogens with zero attached hydrogens (tertiary/aromatic N) is 2. The minimum Gasteiger partial charge on any atom is -0.496 e. The van der Waals surface area contributed by atoms with E-state index in [2.05, 4.69) is 5.32 Å². The molecule has 0 bridgehead atoms. The molecule has 0 heterocycles. The fourth-order valence-corrected chi connectivity index (χ4v) is 2.19. The third-order valence-corrected chi connectivity index (χ3v) is 3.35. The molecule has 0 aliphatic rings. The quantitative estimate of drug-likeness (QED) is 0.585. The van der Waals surface area contributed by atoms with Crippen LogP contribution in [0.3, 0.4) is 0 Å². The van der Waals surface area contributed by atoms with Crippen molar-refractivity contribution in [1.29, 1.82) is 0 Å². The molecule has 0 aliphatic heterocycles. The van der Waals surface area contributed by atoms with Gasteiger partial charge in [0, 0.05) is 6.07 Å². The molecule has 11 nitrogen and oxygen atoms in total. The van der Waals surface area contributed by atoms with Gasteiger partial charge in [0.25, 0.3) is 17.3 Å². The van der Waals surface area contributed by atoms with Gasteiger partial charge in [-0.15, -0.1) is 0 Å². The zero-order chi connectivity index (χ0) is 19.4. The van der Waals surface area contributed by atoms with E-state index in [1.807, 2.05) is 0 Å². The van der Waals surface area contributed by atoms with Crippen LogP contribution >= 0.6 is 0 Å². The van der Waals surface area contributed by atoms with E-state index in [0.29, 0.717) is 0 Å². The summed E-state index contributed by atoms with van der Waals surface area (Å²) >= 11 is 0. The van der Waals surface area contributed by atoms with Crippen LogP contribution in [0.4, 0.5) is 17.1 Å². The van der Waals surface area contributed by atoms with Gasteiger partial charge in [-0.25, -0.2) is 4.79 Å². The molecule has 0 atom stereocenters. The van der Waals surface area contributed by atoms with Gasteiger partial charge in [-0.3, -0.25) is 25.0 Å². The number of methoxy groups -OCH3 is 1. The molecule has 0 radical (unpaired) electrons. The molecule has 11 heteroatoms. The molecular formula is C15H11N3O8. The van der Waals surface area contributed by atoms with Gasteiger partial charge in [0.1, 0.15) is 17.0 Å². The maximum atomic E-state index is 12.4. The first-order chi connectivity index (χ1) is 12.3. The second-order valence-electron chi connectivity index (χ2n) is 4.86. The number of benzene rings is 2. The number of nitro benzene ring substituents is 2. The number of carboxylic acid groups (broad SMARTS) is 1. The van der Waals surface area contributed by atoms with Gasteiger partial charge in [-0.05, 0) is 18.2 Å². The van der Waals surface area contributed by atoms with Crippen LogP contribution in [0.25, 0.3) is 0 Å². The fraction of sp³-hybridized carbons (Fsp3) is 0.0667. The standard InChI is InChI=1S/C15H11N3O8/c1-26-8-5-6-10(12(7-8)18(24)25)16-14(19)9-3-2-4-11(17(22)23)13(9)15(20)21/h2-7H,1H3,(H,16,19)(H,20,21). The number of aromatic carboxylic acids is 1. The van der Waals surface area contributed by atoms with Gasteiger partial charge in [0.05, 0.1) is 28.6 Å². The Labute approximate surface area is 145 Å². The predicted molar refractivity (Wildman–Crippen MR) is 87.7 cm³/mol. The van der Waals surface area contributed by atoms with E-state index < -0.39 is 44.2 Å². The third-order valence-electron chi connectivity index (χ3n) is 3.35. The van der Waals surface area contributed by atoms with E-state index in [1.165, 1.54) is 19.2 Å². The SMILES string of the molecule is COc1ccc(NC(=O)c2cccc([N+](=O)[O-])c2C(=O)O)c([N+](=O)[O-])c1. The van der Waals surface area contributed by atoms with Crippen molar-refractivity contribution in [3.63, 3.8) is 0 Å². The molecule has 0 unspecified atom stereocenters. The summed E-state index contributed by atoms with van der Waals surface area (Å²) < 4.78 is 4.87. The van der Waals surface area contributed by atoms with Crippen LogP contribution in [0.1, 0.15) is 20.7 Å².